The van der Waals surface area contributed by atoms with Crippen molar-refractivity contribution in [1.82, 2.24) is 15.5 Å². The lowest BCUT2D eigenvalue weighted by molar-refractivity contribution is -0.135. The highest BCUT2D eigenvalue weighted by atomic mass is 127. The standard InChI is InChI=1S/C25H39N5O2.HI/c1-26-25(28-21-13-15-30(18-21)24(31)20-8-4-3-5-9-20)27-16-19-12-14-29(17-19)22-10-6-7-11-23(22)32-2;/h6-7,10-11,19-21H,3-5,8-9,12-18H2,1-2H3,(H2,26,27,28);1H. The number of hydrogen-bond donors (Lipinski definition) is 2. The summed E-state index contributed by atoms with van der Waals surface area (Å²) in [6.07, 6.45) is 7.98. The van der Waals surface area contributed by atoms with E-state index in [1.54, 1.807) is 7.11 Å². The number of guanidine groups is 1. The van der Waals surface area contributed by atoms with Crippen LogP contribution in [-0.4, -0.2) is 69.7 Å². The normalized spacial score (nSPS) is 23.9. The predicted molar refractivity (Wildman–Crippen MR) is 145 cm³/mol. The molecule has 0 spiro atoms. The first kappa shape index (κ1) is 25.9. The number of amides is 1. The fourth-order valence-corrected chi connectivity index (χ4v) is 5.42. The second-order valence-electron chi connectivity index (χ2n) is 9.47. The van der Waals surface area contributed by atoms with Gasteiger partial charge in [-0.15, -0.1) is 24.0 Å². The molecular weight excluding hydrogens is 529 g/mol. The Bertz CT molecular complexity index is 799. The molecule has 2 heterocycles. The third kappa shape index (κ3) is 6.67. The number of nitrogens with one attached hydrogen (secondary N) is 2. The Kier molecular flexibility index (Phi) is 9.94. The number of halogens is 1. The third-order valence-corrected chi connectivity index (χ3v) is 7.29. The molecule has 1 aromatic rings. The van der Waals surface area contributed by atoms with Crippen molar-refractivity contribution in [2.24, 2.45) is 16.8 Å². The molecular formula is C25H40IN5O2. The average molecular weight is 570 g/mol. The number of para-hydroxylation sites is 2. The summed E-state index contributed by atoms with van der Waals surface area (Å²) >= 11 is 0. The molecule has 1 aliphatic carbocycles. The zero-order valence-electron chi connectivity index (χ0n) is 20.1. The van der Waals surface area contributed by atoms with E-state index in [0.717, 1.165) is 70.1 Å². The number of hydrogen-bond acceptors (Lipinski definition) is 4. The van der Waals surface area contributed by atoms with Gasteiger partial charge in [0.25, 0.3) is 0 Å². The Balaban J connectivity index is 0.00000306. The third-order valence-electron chi connectivity index (χ3n) is 7.29. The summed E-state index contributed by atoms with van der Waals surface area (Å²) in [6.45, 7) is 4.60. The van der Waals surface area contributed by atoms with Gasteiger partial charge in [-0.25, -0.2) is 0 Å². The Hall–Kier alpha value is -1.71. The van der Waals surface area contributed by atoms with Crippen LogP contribution in [0.3, 0.4) is 0 Å². The van der Waals surface area contributed by atoms with Gasteiger partial charge in [-0.1, -0.05) is 31.4 Å². The molecule has 2 N–H and O–H groups in total. The quantitative estimate of drug-likeness (QED) is 0.312. The average Bonchev–Trinajstić information content (AvgIpc) is 3.51. The number of rotatable bonds is 6. The predicted octanol–water partition coefficient (Wildman–Crippen LogP) is 3.49. The Labute approximate surface area is 215 Å². The van der Waals surface area contributed by atoms with E-state index >= 15 is 0 Å². The number of nitrogens with zero attached hydrogens (tertiary/aromatic N) is 3. The Morgan fingerprint density at radius 3 is 2.64 bits per heavy atom. The van der Waals surface area contributed by atoms with Gasteiger partial charge in [-0.05, 0) is 43.7 Å². The van der Waals surface area contributed by atoms with Gasteiger partial charge in [0.2, 0.25) is 5.91 Å². The maximum absolute atomic E-state index is 12.8. The summed E-state index contributed by atoms with van der Waals surface area (Å²) < 4.78 is 5.53. The van der Waals surface area contributed by atoms with Crippen molar-refractivity contribution in [2.75, 3.05) is 51.8 Å². The van der Waals surface area contributed by atoms with E-state index in [1.165, 1.54) is 24.9 Å². The first-order valence-electron chi connectivity index (χ1n) is 12.3. The van der Waals surface area contributed by atoms with E-state index in [9.17, 15) is 4.79 Å². The summed E-state index contributed by atoms with van der Waals surface area (Å²) in [6, 6.07) is 8.52. The Morgan fingerprint density at radius 2 is 1.88 bits per heavy atom. The van der Waals surface area contributed by atoms with E-state index in [4.69, 9.17) is 4.74 Å². The molecule has 33 heavy (non-hydrogen) atoms. The highest BCUT2D eigenvalue weighted by molar-refractivity contribution is 14.0. The summed E-state index contributed by atoms with van der Waals surface area (Å²) in [5, 5.41) is 7.07. The number of carbonyl (C=O) groups is 1. The molecule has 3 aliphatic rings. The van der Waals surface area contributed by atoms with Crippen LogP contribution in [0.15, 0.2) is 29.3 Å². The topological polar surface area (TPSA) is 69.2 Å². The molecule has 2 unspecified atom stereocenters. The number of anilines is 1. The maximum atomic E-state index is 12.8. The van der Waals surface area contributed by atoms with E-state index in [1.807, 2.05) is 19.2 Å². The van der Waals surface area contributed by atoms with Crippen molar-refractivity contribution in [1.29, 1.82) is 0 Å². The fraction of sp³-hybridized carbons (Fsp3) is 0.680. The molecule has 2 atom stereocenters. The minimum absolute atomic E-state index is 0. The number of ether oxygens (including phenoxy) is 1. The van der Waals surface area contributed by atoms with Crippen LogP contribution in [0, 0.1) is 11.8 Å². The van der Waals surface area contributed by atoms with Crippen molar-refractivity contribution in [3.63, 3.8) is 0 Å². The number of benzene rings is 1. The molecule has 0 bridgehead atoms. The molecule has 1 aromatic carbocycles. The zero-order valence-corrected chi connectivity index (χ0v) is 22.4. The fourth-order valence-electron chi connectivity index (χ4n) is 5.42. The monoisotopic (exact) mass is 569 g/mol. The van der Waals surface area contributed by atoms with E-state index in [0.29, 0.717) is 11.8 Å². The van der Waals surface area contributed by atoms with Gasteiger partial charge in [-0.2, -0.15) is 0 Å². The van der Waals surface area contributed by atoms with Gasteiger partial charge in [0.1, 0.15) is 5.75 Å². The first-order chi connectivity index (χ1) is 15.7. The van der Waals surface area contributed by atoms with Crippen LogP contribution >= 0.6 is 24.0 Å². The lowest BCUT2D eigenvalue weighted by Gasteiger charge is -2.26. The lowest BCUT2D eigenvalue weighted by Crippen LogP contribution is -2.46. The molecule has 8 heteroatoms. The van der Waals surface area contributed by atoms with Gasteiger partial charge >= 0.3 is 0 Å². The molecule has 0 aromatic heterocycles. The van der Waals surface area contributed by atoms with Crippen molar-refractivity contribution < 1.29 is 9.53 Å². The Morgan fingerprint density at radius 1 is 1.09 bits per heavy atom. The maximum Gasteiger partial charge on any atom is 0.225 e. The van der Waals surface area contributed by atoms with Crippen LogP contribution in [0.5, 0.6) is 5.75 Å². The minimum Gasteiger partial charge on any atom is -0.495 e. The van der Waals surface area contributed by atoms with Crippen LogP contribution in [0.4, 0.5) is 5.69 Å². The molecule has 1 saturated carbocycles. The van der Waals surface area contributed by atoms with Gasteiger partial charge in [0.05, 0.1) is 12.8 Å². The molecule has 2 saturated heterocycles. The smallest absolute Gasteiger partial charge is 0.225 e. The van der Waals surface area contributed by atoms with E-state index in [2.05, 4.69) is 37.6 Å². The largest absolute Gasteiger partial charge is 0.495 e. The van der Waals surface area contributed by atoms with Crippen LogP contribution in [0.2, 0.25) is 0 Å². The van der Waals surface area contributed by atoms with Crippen LogP contribution in [0.25, 0.3) is 0 Å². The number of carbonyl (C=O) groups excluding carboxylic acids is 1. The molecule has 1 amide bonds. The van der Waals surface area contributed by atoms with Gasteiger partial charge < -0.3 is 25.2 Å². The summed E-state index contributed by atoms with van der Waals surface area (Å²) in [4.78, 5) is 21.7. The molecule has 184 valence electrons. The summed E-state index contributed by atoms with van der Waals surface area (Å²) in [5.41, 5.74) is 1.17. The van der Waals surface area contributed by atoms with E-state index in [-0.39, 0.29) is 35.9 Å². The first-order valence-corrected chi connectivity index (χ1v) is 12.3. The van der Waals surface area contributed by atoms with Crippen molar-refractivity contribution in [3.05, 3.63) is 24.3 Å². The van der Waals surface area contributed by atoms with Crippen molar-refractivity contribution in [3.8, 4) is 5.75 Å². The SMILES string of the molecule is CN=C(NCC1CCN(c2ccccc2OC)C1)NC1CCN(C(=O)C2CCCCC2)C1.I. The zero-order chi connectivity index (χ0) is 22.3. The van der Waals surface area contributed by atoms with Crippen LogP contribution in [0.1, 0.15) is 44.9 Å². The highest BCUT2D eigenvalue weighted by Gasteiger charge is 2.32. The number of methoxy groups -OCH3 is 1. The van der Waals surface area contributed by atoms with Crippen molar-refractivity contribution in [2.45, 2.75) is 51.0 Å². The highest BCUT2D eigenvalue weighted by Crippen LogP contribution is 2.31. The molecule has 4 rings (SSSR count). The number of aliphatic imine (C=N–C) groups is 1. The van der Waals surface area contributed by atoms with Crippen LogP contribution < -0.4 is 20.3 Å². The second kappa shape index (κ2) is 12.7. The minimum atomic E-state index is 0. The molecule has 2 aliphatic heterocycles. The number of likely N-dealkylation sites (tertiary alicyclic amines) is 1. The van der Waals surface area contributed by atoms with Crippen molar-refractivity contribution >= 4 is 41.5 Å². The van der Waals surface area contributed by atoms with Gasteiger partial charge in [-0.3, -0.25) is 9.79 Å². The second-order valence-corrected chi connectivity index (χ2v) is 9.47. The summed E-state index contributed by atoms with van der Waals surface area (Å²) in [7, 11) is 3.56. The van der Waals surface area contributed by atoms with E-state index < -0.39 is 0 Å². The molecule has 7 nitrogen and oxygen atoms in total. The van der Waals surface area contributed by atoms with Crippen LogP contribution in [-0.2, 0) is 4.79 Å². The molecule has 3 fully saturated rings. The molecule has 0 radical (unpaired) electrons. The van der Waals surface area contributed by atoms with Gasteiger partial charge in [0.15, 0.2) is 5.96 Å². The summed E-state index contributed by atoms with van der Waals surface area (Å²) in [5.74, 6) is 2.98. The lowest BCUT2D eigenvalue weighted by atomic mass is 9.88. The van der Waals surface area contributed by atoms with Gasteiger partial charge in [0, 0.05) is 51.7 Å².